The van der Waals surface area contributed by atoms with Crippen LogP contribution in [0.4, 0.5) is 17.6 Å². The number of aromatic nitrogens is 1. The van der Waals surface area contributed by atoms with Gasteiger partial charge >= 0.3 is 0 Å². The average molecular weight is 504 g/mol. The number of allylic oxidation sites excluding steroid dienone is 3. The van der Waals surface area contributed by atoms with Crippen LogP contribution in [-0.4, -0.2) is 35.3 Å². The first-order valence-electron chi connectivity index (χ1n) is 11.9. The molecule has 1 heterocycles. The van der Waals surface area contributed by atoms with Gasteiger partial charge in [0, 0.05) is 24.3 Å². The van der Waals surface area contributed by atoms with Gasteiger partial charge in [0.1, 0.15) is 12.4 Å². The summed E-state index contributed by atoms with van der Waals surface area (Å²) in [6.45, 7) is 3.16. The van der Waals surface area contributed by atoms with E-state index in [1.54, 1.807) is 26.1 Å². The Labute approximate surface area is 208 Å². The highest BCUT2D eigenvalue weighted by molar-refractivity contribution is 5.55. The molecule has 0 amide bonds. The van der Waals surface area contributed by atoms with E-state index < -0.39 is 23.7 Å². The minimum atomic E-state index is -2.80. The van der Waals surface area contributed by atoms with Crippen molar-refractivity contribution in [3.8, 4) is 11.6 Å². The Morgan fingerprint density at radius 1 is 1.22 bits per heavy atom. The quantitative estimate of drug-likeness (QED) is 0.279. The molecule has 1 fully saturated rings. The molecular formula is C28H29F4NO3. The summed E-state index contributed by atoms with van der Waals surface area (Å²) in [6.07, 6.45) is 5.46. The number of halogens is 4. The van der Waals surface area contributed by atoms with Gasteiger partial charge in [-0.05, 0) is 79.5 Å². The molecule has 1 N–H and O–H groups in total. The van der Waals surface area contributed by atoms with Crippen LogP contribution in [0.15, 0.2) is 60.1 Å². The zero-order valence-corrected chi connectivity index (χ0v) is 20.2. The van der Waals surface area contributed by atoms with E-state index in [1.165, 1.54) is 41.8 Å². The van der Waals surface area contributed by atoms with E-state index in [0.29, 0.717) is 41.9 Å². The lowest BCUT2D eigenvalue weighted by Crippen LogP contribution is -2.21. The maximum absolute atomic E-state index is 14.7. The number of rotatable bonds is 11. The van der Waals surface area contributed by atoms with Crippen LogP contribution in [0.1, 0.15) is 49.3 Å². The standard InChI is InChI=1S/C28H29F4NO3/c1-28(2,34)9-10-35-25-7-4-17(11-24(25)30)3-5-18(23(29)6-8-26(31)32)16-36-27-14-20-12-19-13-21(19)22(20)15-33-27/h3-8,11,14-15,19,21,26,34H,9-10,12-13,16H2,1-2H3/b5-3+,8-6+,23-18-. The minimum Gasteiger partial charge on any atom is -0.490 e. The smallest absolute Gasteiger partial charge is 0.257 e. The first kappa shape index (κ1) is 25.9. The first-order valence-corrected chi connectivity index (χ1v) is 11.9. The van der Waals surface area contributed by atoms with Crippen molar-refractivity contribution in [2.24, 2.45) is 5.92 Å². The molecule has 4 rings (SSSR count). The van der Waals surface area contributed by atoms with Gasteiger partial charge in [-0.2, -0.15) is 0 Å². The Balaban J connectivity index is 1.45. The lowest BCUT2D eigenvalue weighted by Gasteiger charge is -2.17. The summed E-state index contributed by atoms with van der Waals surface area (Å²) in [4.78, 5) is 4.30. The van der Waals surface area contributed by atoms with Crippen molar-refractivity contribution in [2.75, 3.05) is 13.2 Å². The number of alkyl halides is 2. The van der Waals surface area contributed by atoms with Crippen molar-refractivity contribution in [3.63, 3.8) is 0 Å². The van der Waals surface area contributed by atoms with Gasteiger partial charge in [0.25, 0.3) is 6.43 Å². The van der Waals surface area contributed by atoms with Crippen LogP contribution < -0.4 is 9.47 Å². The number of hydrogen-bond donors (Lipinski definition) is 1. The zero-order valence-electron chi connectivity index (χ0n) is 20.2. The molecule has 2 aliphatic carbocycles. The van der Waals surface area contributed by atoms with E-state index >= 15 is 0 Å². The second-order valence-corrected chi connectivity index (χ2v) is 9.82. The van der Waals surface area contributed by atoms with Crippen LogP contribution in [0.5, 0.6) is 11.6 Å². The van der Waals surface area contributed by atoms with Gasteiger partial charge in [-0.15, -0.1) is 0 Å². The maximum Gasteiger partial charge on any atom is 0.257 e. The van der Waals surface area contributed by atoms with E-state index in [0.717, 1.165) is 6.42 Å². The highest BCUT2D eigenvalue weighted by Crippen LogP contribution is 2.56. The Morgan fingerprint density at radius 3 is 2.75 bits per heavy atom. The van der Waals surface area contributed by atoms with Crippen LogP contribution >= 0.6 is 0 Å². The van der Waals surface area contributed by atoms with Gasteiger partial charge in [0.15, 0.2) is 11.6 Å². The molecule has 2 unspecified atom stereocenters. The fraction of sp³-hybridized carbons (Fsp3) is 0.393. The number of ether oxygens (including phenoxy) is 2. The van der Waals surface area contributed by atoms with E-state index in [-0.39, 0.29) is 24.5 Å². The monoisotopic (exact) mass is 503 g/mol. The van der Waals surface area contributed by atoms with Crippen LogP contribution in [0.2, 0.25) is 0 Å². The summed E-state index contributed by atoms with van der Waals surface area (Å²) in [5.74, 6) is 0.142. The molecule has 0 bridgehead atoms. The molecule has 2 aliphatic rings. The average Bonchev–Trinajstić information content (AvgIpc) is 3.48. The third kappa shape index (κ3) is 6.97. The minimum absolute atomic E-state index is 0.00274. The second-order valence-electron chi connectivity index (χ2n) is 9.82. The van der Waals surface area contributed by atoms with Crippen LogP contribution in [0.3, 0.4) is 0 Å². The summed E-state index contributed by atoms with van der Waals surface area (Å²) in [7, 11) is 0. The van der Waals surface area contributed by atoms with Crippen LogP contribution in [0, 0.1) is 11.7 Å². The number of aliphatic hydroxyl groups is 1. The summed E-state index contributed by atoms with van der Waals surface area (Å²) in [6, 6.07) is 6.08. The fourth-order valence-corrected chi connectivity index (χ4v) is 4.17. The van der Waals surface area contributed by atoms with E-state index in [9.17, 15) is 22.7 Å². The Morgan fingerprint density at radius 2 is 2.03 bits per heavy atom. The largest absolute Gasteiger partial charge is 0.490 e. The lowest BCUT2D eigenvalue weighted by molar-refractivity contribution is 0.0547. The van der Waals surface area contributed by atoms with Gasteiger partial charge in [-0.3, -0.25) is 0 Å². The van der Waals surface area contributed by atoms with Gasteiger partial charge in [-0.25, -0.2) is 22.5 Å². The normalized spacial score (nSPS) is 19.6. The fourth-order valence-electron chi connectivity index (χ4n) is 4.17. The summed E-state index contributed by atoms with van der Waals surface area (Å²) >= 11 is 0. The van der Waals surface area contributed by atoms with Crippen molar-refractivity contribution < 1.29 is 32.1 Å². The molecule has 8 heteroatoms. The van der Waals surface area contributed by atoms with Crippen LogP contribution in [0.25, 0.3) is 6.08 Å². The zero-order chi connectivity index (χ0) is 25.9. The SMILES string of the molecule is CC(C)(O)CCOc1ccc(/C=C/C(COc2cc3c(cn2)C2CC2C3)=C(F)\C=C\C(F)F)cc1F. The molecule has 0 radical (unpaired) electrons. The number of nitrogens with zero attached hydrogens (tertiary/aromatic N) is 1. The predicted molar refractivity (Wildman–Crippen MR) is 129 cm³/mol. The van der Waals surface area contributed by atoms with Crippen molar-refractivity contribution in [3.05, 3.63) is 82.6 Å². The number of pyridine rings is 1. The molecule has 1 saturated carbocycles. The number of benzene rings is 1. The van der Waals surface area contributed by atoms with Crippen molar-refractivity contribution in [1.82, 2.24) is 4.98 Å². The van der Waals surface area contributed by atoms with E-state index in [4.69, 9.17) is 9.47 Å². The predicted octanol–water partition coefficient (Wildman–Crippen LogP) is 6.56. The molecule has 36 heavy (non-hydrogen) atoms. The van der Waals surface area contributed by atoms with Gasteiger partial charge < -0.3 is 14.6 Å². The first-order chi connectivity index (χ1) is 17.1. The summed E-state index contributed by atoms with van der Waals surface area (Å²) in [5, 5.41) is 9.74. The lowest BCUT2D eigenvalue weighted by atomic mass is 10.1. The summed E-state index contributed by atoms with van der Waals surface area (Å²) in [5.41, 5.74) is 1.91. The molecule has 0 saturated heterocycles. The van der Waals surface area contributed by atoms with Gasteiger partial charge in [-0.1, -0.05) is 18.2 Å². The van der Waals surface area contributed by atoms with E-state index in [2.05, 4.69) is 4.98 Å². The highest BCUT2D eigenvalue weighted by Gasteiger charge is 2.45. The van der Waals surface area contributed by atoms with Crippen LogP contribution in [-0.2, 0) is 6.42 Å². The van der Waals surface area contributed by atoms with Crippen molar-refractivity contribution in [1.29, 1.82) is 0 Å². The molecular weight excluding hydrogens is 474 g/mol. The topological polar surface area (TPSA) is 51.6 Å². The number of fused-ring (bicyclic) bond motifs is 3. The third-order valence-electron chi connectivity index (χ3n) is 6.28. The number of hydrogen-bond acceptors (Lipinski definition) is 4. The maximum atomic E-state index is 14.7. The molecule has 0 aliphatic heterocycles. The molecule has 2 atom stereocenters. The van der Waals surface area contributed by atoms with E-state index in [1.807, 2.05) is 6.07 Å². The molecule has 2 aromatic rings. The van der Waals surface area contributed by atoms with Gasteiger partial charge in [0.2, 0.25) is 5.88 Å². The molecule has 1 aromatic carbocycles. The Kier molecular flexibility index (Phi) is 7.83. The van der Waals surface area contributed by atoms with Crippen molar-refractivity contribution in [2.45, 2.75) is 51.1 Å². The molecule has 0 spiro atoms. The molecule has 4 nitrogen and oxygen atoms in total. The Bertz CT molecular complexity index is 1180. The molecule has 1 aromatic heterocycles. The highest BCUT2D eigenvalue weighted by atomic mass is 19.3. The molecule has 192 valence electrons. The third-order valence-corrected chi connectivity index (χ3v) is 6.28. The van der Waals surface area contributed by atoms with Gasteiger partial charge in [0.05, 0.1) is 12.2 Å². The second kappa shape index (κ2) is 10.9. The summed E-state index contributed by atoms with van der Waals surface area (Å²) < 4.78 is 65.3. The Hall–Kier alpha value is -3.13. The van der Waals surface area contributed by atoms with Crippen molar-refractivity contribution >= 4 is 6.08 Å².